The van der Waals surface area contributed by atoms with Crippen molar-refractivity contribution in [3.8, 4) is 0 Å². The monoisotopic (exact) mass is 454 g/mol. The minimum Gasteiger partial charge on any atom is -0.378 e. The van der Waals surface area contributed by atoms with E-state index in [0.29, 0.717) is 43.5 Å². The standard InChI is InChI=1S/C23H23FN4O3S/c24-17-6-8-18(9-7-17)25-23-27-20(15-32-23)21(29)26-19(14-16-4-2-1-3-5-16)22(30)28-10-12-31-13-11-28/h1-9,15,19H,10-14H2,(H,25,27)(H,26,29)/t19-/m1/s1. The average Bonchev–Trinajstić information content (AvgIpc) is 3.29. The fourth-order valence-corrected chi connectivity index (χ4v) is 4.09. The van der Waals surface area contributed by atoms with Crippen molar-refractivity contribution in [1.29, 1.82) is 0 Å². The molecule has 2 heterocycles. The molecule has 9 heteroatoms. The summed E-state index contributed by atoms with van der Waals surface area (Å²) in [6, 6.07) is 14.7. The van der Waals surface area contributed by atoms with Gasteiger partial charge in [0.1, 0.15) is 17.6 Å². The number of anilines is 2. The fourth-order valence-electron chi connectivity index (χ4n) is 3.38. The molecule has 0 unspecified atom stereocenters. The second-order valence-corrected chi connectivity index (χ2v) is 8.18. The molecular weight excluding hydrogens is 431 g/mol. The molecule has 0 saturated carbocycles. The quantitative estimate of drug-likeness (QED) is 0.573. The Hall–Kier alpha value is -3.30. The fraction of sp³-hybridized carbons (Fsp3) is 0.261. The van der Waals surface area contributed by atoms with Crippen molar-refractivity contribution in [2.45, 2.75) is 12.5 Å². The van der Waals surface area contributed by atoms with E-state index in [0.717, 1.165) is 5.56 Å². The molecule has 2 amide bonds. The molecule has 1 aliphatic rings. The molecule has 2 aromatic carbocycles. The van der Waals surface area contributed by atoms with Crippen LogP contribution in [0.2, 0.25) is 0 Å². The third kappa shape index (κ3) is 5.68. The van der Waals surface area contributed by atoms with Gasteiger partial charge in [-0.25, -0.2) is 9.37 Å². The van der Waals surface area contributed by atoms with E-state index in [4.69, 9.17) is 4.74 Å². The molecule has 1 aliphatic heterocycles. The number of thiazole rings is 1. The number of carbonyl (C=O) groups excluding carboxylic acids is 2. The van der Waals surface area contributed by atoms with Crippen LogP contribution in [0.15, 0.2) is 60.0 Å². The van der Waals surface area contributed by atoms with E-state index in [2.05, 4.69) is 15.6 Å². The maximum absolute atomic E-state index is 13.1. The van der Waals surface area contributed by atoms with Crippen molar-refractivity contribution in [1.82, 2.24) is 15.2 Å². The second kappa shape index (κ2) is 10.3. The van der Waals surface area contributed by atoms with Gasteiger partial charge in [-0.15, -0.1) is 11.3 Å². The number of amides is 2. The van der Waals surface area contributed by atoms with Crippen molar-refractivity contribution < 1.29 is 18.7 Å². The molecule has 7 nitrogen and oxygen atoms in total. The van der Waals surface area contributed by atoms with Crippen LogP contribution in [0.3, 0.4) is 0 Å². The van der Waals surface area contributed by atoms with E-state index < -0.39 is 11.9 Å². The second-order valence-electron chi connectivity index (χ2n) is 7.32. The van der Waals surface area contributed by atoms with E-state index in [-0.39, 0.29) is 17.4 Å². The number of aromatic nitrogens is 1. The van der Waals surface area contributed by atoms with Crippen LogP contribution in [0.25, 0.3) is 0 Å². The molecule has 3 aromatic rings. The van der Waals surface area contributed by atoms with Crippen molar-refractivity contribution >= 4 is 34.0 Å². The van der Waals surface area contributed by atoms with Gasteiger partial charge in [0.2, 0.25) is 5.91 Å². The molecule has 166 valence electrons. The summed E-state index contributed by atoms with van der Waals surface area (Å²) in [5.41, 5.74) is 1.83. The van der Waals surface area contributed by atoms with Crippen molar-refractivity contribution in [3.05, 3.63) is 77.1 Å². The number of rotatable bonds is 7. The van der Waals surface area contributed by atoms with Crippen LogP contribution in [-0.4, -0.2) is 54.0 Å². The molecule has 0 radical (unpaired) electrons. The summed E-state index contributed by atoms with van der Waals surface area (Å²) in [5.74, 6) is -0.884. The Morgan fingerprint density at radius 3 is 2.53 bits per heavy atom. The molecule has 4 rings (SSSR count). The van der Waals surface area contributed by atoms with Crippen LogP contribution in [0.4, 0.5) is 15.2 Å². The Morgan fingerprint density at radius 2 is 1.81 bits per heavy atom. The van der Waals surface area contributed by atoms with Gasteiger partial charge >= 0.3 is 0 Å². The topological polar surface area (TPSA) is 83.6 Å². The smallest absolute Gasteiger partial charge is 0.271 e. The van der Waals surface area contributed by atoms with Crippen molar-refractivity contribution in [2.75, 3.05) is 31.6 Å². The number of hydrogen-bond donors (Lipinski definition) is 2. The normalized spacial score (nSPS) is 14.6. The maximum atomic E-state index is 13.1. The highest BCUT2D eigenvalue weighted by Crippen LogP contribution is 2.21. The molecule has 1 saturated heterocycles. The van der Waals surface area contributed by atoms with Gasteiger partial charge in [-0.05, 0) is 29.8 Å². The Bertz CT molecular complexity index is 1050. The van der Waals surface area contributed by atoms with Crippen LogP contribution in [-0.2, 0) is 16.0 Å². The van der Waals surface area contributed by atoms with Crippen molar-refractivity contribution in [2.24, 2.45) is 0 Å². The van der Waals surface area contributed by atoms with Gasteiger partial charge in [0.15, 0.2) is 5.13 Å². The van der Waals surface area contributed by atoms with Gasteiger partial charge in [-0.2, -0.15) is 0 Å². The SMILES string of the molecule is O=C(N[C@H](Cc1ccccc1)C(=O)N1CCOCC1)c1csc(Nc2ccc(F)cc2)n1. The van der Waals surface area contributed by atoms with Crippen LogP contribution < -0.4 is 10.6 Å². The Kier molecular flexibility index (Phi) is 7.08. The first-order valence-corrected chi connectivity index (χ1v) is 11.2. The Balaban J connectivity index is 1.46. The summed E-state index contributed by atoms with van der Waals surface area (Å²) in [7, 11) is 0. The van der Waals surface area contributed by atoms with Gasteiger partial charge < -0.3 is 20.3 Å². The number of nitrogens with zero attached hydrogens (tertiary/aromatic N) is 2. The summed E-state index contributed by atoms with van der Waals surface area (Å²) in [4.78, 5) is 32.1. The van der Waals surface area contributed by atoms with Crippen LogP contribution in [0, 0.1) is 5.82 Å². The molecule has 0 spiro atoms. The van der Waals surface area contributed by atoms with Gasteiger partial charge in [0.05, 0.1) is 13.2 Å². The third-order valence-electron chi connectivity index (χ3n) is 5.04. The number of ether oxygens (including phenoxy) is 1. The molecule has 1 aromatic heterocycles. The number of benzene rings is 2. The lowest BCUT2D eigenvalue weighted by Gasteiger charge is -2.30. The summed E-state index contributed by atoms with van der Waals surface area (Å²) in [6.45, 7) is 1.98. The number of carbonyl (C=O) groups is 2. The van der Waals surface area contributed by atoms with Gasteiger partial charge in [0, 0.05) is 30.6 Å². The lowest BCUT2D eigenvalue weighted by molar-refractivity contribution is -0.137. The average molecular weight is 455 g/mol. The Morgan fingerprint density at radius 1 is 1.09 bits per heavy atom. The first-order chi connectivity index (χ1) is 15.6. The van der Waals surface area contributed by atoms with Crippen LogP contribution >= 0.6 is 11.3 Å². The minimum absolute atomic E-state index is 0.134. The van der Waals surface area contributed by atoms with E-state index in [1.54, 1.807) is 22.4 Å². The largest absolute Gasteiger partial charge is 0.378 e. The molecule has 1 fully saturated rings. The molecule has 1 atom stereocenters. The van der Waals surface area contributed by atoms with Crippen molar-refractivity contribution in [3.63, 3.8) is 0 Å². The van der Waals surface area contributed by atoms with E-state index in [1.807, 2.05) is 30.3 Å². The zero-order valence-electron chi connectivity index (χ0n) is 17.3. The van der Waals surface area contributed by atoms with Gasteiger partial charge in [-0.3, -0.25) is 9.59 Å². The zero-order valence-corrected chi connectivity index (χ0v) is 18.1. The highest BCUT2D eigenvalue weighted by atomic mass is 32.1. The summed E-state index contributed by atoms with van der Waals surface area (Å²) in [5, 5.41) is 8.03. The number of halogens is 1. The molecule has 0 bridgehead atoms. The van der Waals surface area contributed by atoms with Crippen LogP contribution in [0.5, 0.6) is 0 Å². The third-order valence-corrected chi connectivity index (χ3v) is 5.80. The molecule has 2 N–H and O–H groups in total. The zero-order chi connectivity index (χ0) is 22.3. The number of hydrogen-bond acceptors (Lipinski definition) is 6. The highest BCUT2D eigenvalue weighted by Gasteiger charge is 2.28. The predicted molar refractivity (Wildman–Crippen MR) is 121 cm³/mol. The highest BCUT2D eigenvalue weighted by molar-refractivity contribution is 7.14. The van der Waals surface area contributed by atoms with Gasteiger partial charge in [-0.1, -0.05) is 30.3 Å². The predicted octanol–water partition coefficient (Wildman–Crippen LogP) is 3.23. The summed E-state index contributed by atoms with van der Waals surface area (Å²) in [6.07, 6.45) is 0.383. The molecule has 32 heavy (non-hydrogen) atoms. The molecular formula is C23H23FN4O3S. The maximum Gasteiger partial charge on any atom is 0.271 e. The summed E-state index contributed by atoms with van der Waals surface area (Å²) >= 11 is 1.26. The van der Waals surface area contributed by atoms with Crippen LogP contribution in [0.1, 0.15) is 16.1 Å². The van der Waals surface area contributed by atoms with E-state index in [1.165, 1.54) is 23.5 Å². The first kappa shape index (κ1) is 21.9. The first-order valence-electron chi connectivity index (χ1n) is 10.3. The lowest BCUT2D eigenvalue weighted by Crippen LogP contribution is -2.52. The Labute approximate surface area is 189 Å². The minimum atomic E-state index is -0.710. The van der Waals surface area contributed by atoms with E-state index in [9.17, 15) is 14.0 Å². The van der Waals surface area contributed by atoms with Gasteiger partial charge in [0.25, 0.3) is 5.91 Å². The van der Waals surface area contributed by atoms with E-state index >= 15 is 0 Å². The lowest BCUT2D eigenvalue weighted by atomic mass is 10.0. The summed E-state index contributed by atoms with van der Waals surface area (Å²) < 4.78 is 18.4. The number of morpholine rings is 1. The number of nitrogens with one attached hydrogen (secondary N) is 2. The molecule has 0 aliphatic carbocycles.